The lowest BCUT2D eigenvalue weighted by Crippen LogP contribution is -2.26. The van der Waals surface area contributed by atoms with Crippen molar-refractivity contribution in [3.8, 4) is 11.5 Å². The molecule has 0 aliphatic heterocycles. The SMILES string of the molecule is COc1cc(C(=O)NCCSc2ccc(Br)cc2)cc(Cl)c1OCC(N)=O. The summed E-state index contributed by atoms with van der Waals surface area (Å²) in [6.07, 6.45) is 0. The smallest absolute Gasteiger partial charge is 0.255 e. The van der Waals surface area contributed by atoms with E-state index in [-0.39, 0.29) is 29.0 Å². The van der Waals surface area contributed by atoms with E-state index in [9.17, 15) is 9.59 Å². The fraction of sp³-hybridized carbons (Fsp3) is 0.222. The molecule has 0 atom stereocenters. The minimum Gasteiger partial charge on any atom is -0.493 e. The van der Waals surface area contributed by atoms with Crippen molar-refractivity contribution >= 4 is 51.1 Å². The number of rotatable bonds is 9. The third-order valence-electron chi connectivity index (χ3n) is 3.32. The van der Waals surface area contributed by atoms with Crippen molar-refractivity contribution in [3.63, 3.8) is 0 Å². The van der Waals surface area contributed by atoms with Crippen molar-refractivity contribution in [2.45, 2.75) is 4.90 Å². The quantitative estimate of drug-likeness (QED) is 0.430. The van der Waals surface area contributed by atoms with E-state index in [1.807, 2.05) is 24.3 Å². The highest BCUT2D eigenvalue weighted by Crippen LogP contribution is 2.36. The van der Waals surface area contributed by atoms with Gasteiger partial charge >= 0.3 is 0 Å². The highest BCUT2D eigenvalue weighted by Gasteiger charge is 2.16. The van der Waals surface area contributed by atoms with Gasteiger partial charge in [-0.05, 0) is 36.4 Å². The number of thioether (sulfide) groups is 1. The second kappa shape index (κ2) is 10.4. The van der Waals surface area contributed by atoms with E-state index in [1.165, 1.54) is 19.2 Å². The van der Waals surface area contributed by atoms with Crippen molar-refractivity contribution in [1.82, 2.24) is 5.32 Å². The van der Waals surface area contributed by atoms with E-state index in [0.717, 1.165) is 15.1 Å². The molecule has 0 radical (unpaired) electrons. The Morgan fingerprint density at radius 2 is 1.96 bits per heavy atom. The molecule has 2 rings (SSSR count). The van der Waals surface area contributed by atoms with Gasteiger partial charge in [0.2, 0.25) is 0 Å². The third-order valence-corrected chi connectivity index (χ3v) is 5.14. The van der Waals surface area contributed by atoms with Crippen LogP contribution in [-0.4, -0.2) is 37.8 Å². The monoisotopic (exact) mass is 472 g/mol. The van der Waals surface area contributed by atoms with Gasteiger partial charge in [0.15, 0.2) is 18.1 Å². The summed E-state index contributed by atoms with van der Waals surface area (Å²) in [5.41, 5.74) is 5.39. The van der Waals surface area contributed by atoms with Crippen molar-refractivity contribution in [2.75, 3.05) is 26.0 Å². The summed E-state index contributed by atoms with van der Waals surface area (Å²) in [5.74, 6) is 0.211. The van der Waals surface area contributed by atoms with Gasteiger partial charge in [-0.2, -0.15) is 0 Å². The van der Waals surface area contributed by atoms with Crippen LogP contribution in [0.5, 0.6) is 11.5 Å². The number of carbonyl (C=O) groups excluding carboxylic acids is 2. The summed E-state index contributed by atoms with van der Waals surface area (Å²) < 4.78 is 11.5. The number of nitrogens with two attached hydrogens (primary N) is 1. The molecule has 0 spiro atoms. The lowest BCUT2D eigenvalue weighted by molar-refractivity contribution is -0.119. The molecule has 0 saturated carbocycles. The summed E-state index contributed by atoms with van der Waals surface area (Å²) in [5, 5.41) is 2.99. The van der Waals surface area contributed by atoms with Crippen LogP contribution in [0, 0.1) is 0 Å². The Hall–Kier alpha value is -1.90. The predicted molar refractivity (Wildman–Crippen MR) is 110 cm³/mol. The molecule has 2 amide bonds. The maximum atomic E-state index is 12.3. The average molecular weight is 474 g/mol. The first kappa shape index (κ1) is 21.4. The van der Waals surface area contributed by atoms with Crippen LogP contribution in [-0.2, 0) is 4.79 Å². The van der Waals surface area contributed by atoms with Crippen LogP contribution >= 0.6 is 39.3 Å². The average Bonchev–Trinajstić information content (AvgIpc) is 2.64. The number of carbonyl (C=O) groups is 2. The van der Waals surface area contributed by atoms with E-state index < -0.39 is 5.91 Å². The minimum absolute atomic E-state index is 0.157. The van der Waals surface area contributed by atoms with Gasteiger partial charge in [0.05, 0.1) is 12.1 Å². The van der Waals surface area contributed by atoms with Crippen molar-refractivity contribution in [1.29, 1.82) is 0 Å². The van der Waals surface area contributed by atoms with Gasteiger partial charge < -0.3 is 20.5 Å². The van der Waals surface area contributed by atoms with Crippen molar-refractivity contribution in [3.05, 3.63) is 51.5 Å². The van der Waals surface area contributed by atoms with Gasteiger partial charge in [0.25, 0.3) is 11.8 Å². The molecule has 0 fully saturated rings. The van der Waals surface area contributed by atoms with Gasteiger partial charge in [-0.1, -0.05) is 27.5 Å². The van der Waals surface area contributed by atoms with E-state index in [0.29, 0.717) is 12.1 Å². The van der Waals surface area contributed by atoms with Crippen LogP contribution < -0.4 is 20.5 Å². The Kier molecular flexibility index (Phi) is 8.27. The number of hydrogen-bond donors (Lipinski definition) is 2. The molecule has 6 nitrogen and oxygen atoms in total. The molecule has 3 N–H and O–H groups in total. The zero-order chi connectivity index (χ0) is 19.8. The maximum Gasteiger partial charge on any atom is 0.255 e. The molecule has 2 aromatic carbocycles. The molecule has 2 aromatic rings. The number of benzene rings is 2. The topological polar surface area (TPSA) is 90.7 Å². The summed E-state index contributed by atoms with van der Waals surface area (Å²) in [4.78, 5) is 24.3. The molecule has 0 saturated heterocycles. The fourth-order valence-electron chi connectivity index (χ4n) is 2.10. The van der Waals surface area contributed by atoms with Crippen LogP contribution in [0.3, 0.4) is 0 Å². The molecule has 9 heteroatoms. The largest absolute Gasteiger partial charge is 0.493 e. The van der Waals surface area contributed by atoms with Gasteiger partial charge in [-0.15, -0.1) is 11.8 Å². The Labute approximate surface area is 174 Å². The lowest BCUT2D eigenvalue weighted by Gasteiger charge is -2.13. The van der Waals surface area contributed by atoms with Crippen molar-refractivity contribution in [2.24, 2.45) is 5.73 Å². The Balaban J connectivity index is 1.94. The highest BCUT2D eigenvalue weighted by atomic mass is 79.9. The number of primary amides is 1. The van der Waals surface area contributed by atoms with Crippen LogP contribution in [0.2, 0.25) is 5.02 Å². The molecule has 0 aliphatic carbocycles. The third kappa shape index (κ3) is 6.64. The number of halogens is 2. The first-order valence-electron chi connectivity index (χ1n) is 7.86. The number of hydrogen-bond acceptors (Lipinski definition) is 5. The molecule has 0 heterocycles. The maximum absolute atomic E-state index is 12.3. The lowest BCUT2D eigenvalue weighted by atomic mass is 10.2. The predicted octanol–water partition coefficient (Wildman–Crippen LogP) is 3.50. The van der Waals surface area contributed by atoms with Crippen molar-refractivity contribution < 1.29 is 19.1 Å². The van der Waals surface area contributed by atoms with E-state index in [1.54, 1.807) is 11.8 Å². The molecular weight excluding hydrogens is 456 g/mol. The van der Waals surface area contributed by atoms with Gasteiger partial charge in [-0.25, -0.2) is 0 Å². The fourth-order valence-corrected chi connectivity index (χ4v) is 3.40. The first-order valence-corrected chi connectivity index (χ1v) is 10.0. The number of nitrogens with one attached hydrogen (secondary N) is 1. The molecule has 27 heavy (non-hydrogen) atoms. The number of methoxy groups -OCH3 is 1. The number of amides is 2. The molecular formula is C18H18BrClN2O4S. The summed E-state index contributed by atoms with van der Waals surface area (Å²) in [7, 11) is 1.42. The van der Waals surface area contributed by atoms with Crippen LogP contribution in [0.25, 0.3) is 0 Å². The second-order valence-corrected chi connectivity index (χ2v) is 7.79. The minimum atomic E-state index is -0.641. The zero-order valence-electron chi connectivity index (χ0n) is 14.5. The highest BCUT2D eigenvalue weighted by molar-refractivity contribution is 9.10. The van der Waals surface area contributed by atoms with Gasteiger partial charge in [0, 0.05) is 27.2 Å². The second-order valence-electron chi connectivity index (χ2n) is 5.30. The summed E-state index contributed by atoms with van der Waals surface area (Å²) in [6.45, 7) is 0.147. The van der Waals surface area contributed by atoms with Crippen LogP contribution in [0.4, 0.5) is 0 Å². The Morgan fingerprint density at radius 1 is 1.26 bits per heavy atom. The van der Waals surface area contributed by atoms with Gasteiger partial charge in [-0.3, -0.25) is 9.59 Å². The van der Waals surface area contributed by atoms with Crippen LogP contribution in [0.1, 0.15) is 10.4 Å². The Morgan fingerprint density at radius 3 is 2.59 bits per heavy atom. The Bertz CT molecular complexity index is 818. The summed E-state index contributed by atoms with van der Waals surface area (Å²) in [6, 6.07) is 10.9. The molecule has 0 bridgehead atoms. The van der Waals surface area contributed by atoms with E-state index >= 15 is 0 Å². The number of ether oxygens (including phenoxy) is 2. The normalized spacial score (nSPS) is 10.3. The first-order chi connectivity index (χ1) is 12.9. The standard InChI is InChI=1S/C18H18BrClN2O4S/c1-25-15-9-11(8-14(20)17(15)26-10-16(21)23)18(24)22-6-7-27-13-4-2-12(19)3-5-13/h2-5,8-9H,6-7,10H2,1H3,(H2,21,23)(H,22,24). The molecule has 0 unspecified atom stereocenters. The van der Waals surface area contributed by atoms with E-state index in [4.69, 9.17) is 26.8 Å². The van der Waals surface area contributed by atoms with E-state index in [2.05, 4.69) is 21.2 Å². The van der Waals surface area contributed by atoms with Crippen LogP contribution in [0.15, 0.2) is 45.8 Å². The summed E-state index contributed by atoms with van der Waals surface area (Å²) >= 11 is 11.2. The molecule has 0 aliphatic rings. The van der Waals surface area contributed by atoms with Gasteiger partial charge in [0.1, 0.15) is 0 Å². The zero-order valence-corrected chi connectivity index (χ0v) is 17.6. The molecule has 0 aromatic heterocycles. The molecule has 144 valence electrons.